The maximum absolute atomic E-state index is 12.6. The van der Waals surface area contributed by atoms with Gasteiger partial charge in [-0.3, -0.25) is 4.79 Å². The highest BCUT2D eigenvalue weighted by Gasteiger charge is 2.60. The summed E-state index contributed by atoms with van der Waals surface area (Å²) in [6.07, 6.45) is 17.8. The van der Waals surface area contributed by atoms with Crippen LogP contribution in [0.2, 0.25) is 0 Å². The number of hydrogen-bond donors (Lipinski definition) is 2. The summed E-state index contributed by atoms with van der Waals surface area (Å²) in [5.41, 5.74) is 1.17. The Morgan fingerprint density at radius 1 is 0.969 bits per heavy atom. The first kappa shape index (κ1) is 24.6. The Kier molecular flexibility index (Phi) is 7.36. The molecule has 2 N–H and O–H groups in total. The molecule has 0 heterocycles. The zero-order valence-electron chi connectivity index (χ0n) is 22.1. The van der Waals surface area contributed by atoms with E-state index in [2.05, 4.69) is 47.1 Å². The fraction of sp³-hybridized carbons (Fsp3) is 0.966. The number of hydrogen-bond acceptors (Lipinski definition) is 1. The predicted molar refractivity (Wildman–Crippen MR) is 133 cm³/mol. The van der Waals surface area contributed by atoms with E-state index in [1.54, 1.807) is 0 Å². The SMILES string of the molecule is CCC(NC(=O)CC[C@@H](C)[C@H]1CCC2C3CCC4CCCC[C@]4(C)C3CC[C@@]21C)[NH+](C)C. The van der Waals surface area contributed by atoms with Gasteiger partial charge in [0.1, 0.15) is 0 Å². The van der Waals surface area contributed by atoms with Crippen molar-refractivity contribution in [2.45, 2.75) is 117 Å². The van der Waals surface area contributed by atoms with Gasteiger partial charge in [-0.25, -0.2) is 0 Å². The van der Waals surface area contributed by atoms with Crippen LogP contribution in [-0.2, 0) is 4.79 Å². The van der Waals surface area contributed by atoms with Gasteiger partial charge in [0.05, 0.1) is 14.1 Å². The van der Waals surface area contributed by atoms with Crippen LogP contribution in [0.25, 0.3) is 0 Å². The Balaban J connectivity index is 1.38. The minimum Gasteiger partial charge on any atom is -0.320 e. The Bertz CT molecular complexity index is 662. The highest BCUT2D eigenvalue weighted by atomic mass is 16.1. The lowest BCUT2D eigenvalue weighted by Crippen LogP contribution is -3.12. The second kappa shape index (κ2) is 9.59. The van der Waals surface area contributed by atoms with Gasteiger partial charge in [0.15, 0.2) is 6.17 Å². The number of amides is 1. The van der Waals surface area contributed by atoms with E-state index in [-0.39, 0.29) is 12.1 Å². The molecule has 0 spiro atoms. The first-order valence-corrected chi connectivity index (χ1v) is 14.3. The van der Waals surface area contributed by atoms with Gasteiger partial charge in [-0.05, 0) is 104 Å². The van der Waals surface area contributed by atoms with E-state index in [4.69, 9.17) is 0 Å². The Hall–Kier alpha value is -0.570. The van der Waals surface area contributed by atoms with Crippen LogP contribution in [0.15, 0.2) is 0 Å². The van der Waals surface area contributed by atoms with E-state index in [9.17, 15) is 4.79 Å². The fourth-order valence-corrected chi connectivity index (χ4v) is 9.75. The van der Waals surface area contributed by atoms with Crippen LogP contribution >= 0.6 is 0 Å². The van der Waals surface area contributed by atoms with Crippen LogP contribution in [0.3, 0.4) is 0 Å². The molecule has 5 unspecified atom stereocenters. The Morgan fingerprint density at radius 3 is 2.44 bits per heavy atom. The number of carbonyl (C=O) groups excluding carboxylic acids is 1. The Morgan fingerprint density at radius 2 is 1.72 bits per heavy atom. The standard InChI is InChI=1S/C29H52N2O/c1-7-26(31(5)6)30-27(32)16-11-20(2)23-14-15-24-22-13-12-21-10-8-9-18-28(21,3)25(22)17-19-29(23,24)4/h20-26H,7-19H2,1-6H3,(H,30,32)/p+1/t20-,21?,22?,23-,24?,25?,26?,28+,29-/m1/s1. The summed E-state index contributed by atoms with van der Waals surface area (Å²) >= 11 is 0. The maximum atomic E-state index is 12.6. The zero-order valence-corrected chi connectivity index (χ0v) is 22.1. The summed E-state index contributed by atoms with van der Waals surface area (Å²) in [4.78, 5) is 13.9. The highest BCUT2D eigenvalue weighted by Crippen LogP contribution is 2.68. The molecule has 4 saturated carbocycles. The third kappa shape index (κ3) is 4.29. The second-order valence-corrected chi connectivity index (χ2v) is 13.3. The molecule has 0 aromatic carbocycles. The van der Waals surface area contributed by atoms with Crippen molar-refractivity contribution in [1.82, 2.24) is 5.32 Å². The van der Waals surface area contributed by atoms with E-state index >= 15 is 0 Å². The smallest absolute Gasteiger partial charge is 0.224 e. The van der Waals surface area contributed by atoms with Crippen molar-refractivity contribution in [2.75, 3.05) is 14.1 Å². The van der Waals surface area contributed by atoms with Gasteiger partial charge in [0.2, 0.25) is 5.91 Å². The molecule has 0 bridgehead atoms. The van der Waals surface area contributed by atoms with Crippen molar-refractivity contribution in [2.24, 2.45) is 46.3 Å². The van der Waals surface area contributed by atoms with Gasteiger partial charge in [0, 0.05) is 12.8 Å². The van der Waals surface area contributed by atoms with Gasteiger partial charge in [-0.1, -0.05) is 40.5 Å². The average Bonchev–Trinajstić information content (AvgIpc) is 3.12. The molecule has 4 fully saturated rings. The quantitative estimate of drug-likeness (QED) is 0.502. The molecule has 184 valence electrons. The van der Waals surface area contributed by atoms with Crippen LogP contribution in [0.5, 0.6) is 0 Å². The molecule has 0 saturated heterocycles. The van der Waals surface area contributed by atoms with Crippen molar-refractivity contribution >= 4 is 5.91 Å². The third-order valence-electron chi connectivity index (χ3n) is 11.6. The predicted octanol–water partition coefficient (Wildman–Crippen LogP) is 5.45. The monoisotopic (exact) mass is 445 g/mol. The molecule has 3 nitrogen and oxygen atoms in total. The van der Waals surface area contributed by atoms with Crippen LogP contribution < -0.4 is 10.2 Å². The van der Waals surface area contributed by atoms with E-state index < -0.39 is 0 Å². The van der Waals surface area contributed by atoms with Crippen LogP contribution in [0, 0.1) is 46.3 Å². The molecule has 0 radical (unpaired) electrons. The molecule has 4 aliphatic carbocycles. The highest BCUT2D eigenvalue weighted by molar-refractivity contribution is 5.75. The number of quaternary nitrogens is 1. The zero-order chi connectivity index (χ0) is 23.1. The molecule has 0 aromatic heterocycles. The summed E-state index contributed by atoms with van der Waals surface area (Å²) in [6, 6.07) is 0. The minimum absolute atomic E-state index is 0.248. The molecular formula is C29H53N2O+. The lowest BCUT2D eigenvalue weighted by Gasteiger charge is -2.61. The summed E-state index contributed by atoms with van der Waals surface area (Å²) in [7, 11) is 4.27. The molecule has 1 amide bonds. The molecular weight excluding hydrogens is 392 g/mol. The molecule has 0 aliphatic heterocycles. The van der Waals surface area contributed by atoms with Gasteiger partial charge in [-0.15, -0.1) is 0 Å². The van der Waals surface area contributed by atoms with E-state index in [1.165, 1.54) is 69.1 Å². The molecule has 0 aromatic rings. The van der Waals surface area contributed by atoms with Crippen molar-refractivity contribution in [3.8, 4) is 0 Å². The molecule has 4 aliphatic rings. The van der Waals surface area contributed by atoms with Crippen LogP contribution in [-0.4, -0.2) is 26.2 Å². The van der Waals surface area contributed by atoms with Crippen molar-refractivity contribution in [3.05, 3.63) is 0 Å². The van der Waals surface area contributed by atoms with Crippen molar-refractivity contribution < 1.29 is 9.69 Å². The average molecular weight is 446 g/mol. The summed E-state index contributed by atoms with van der Waals surface area (Å²) in [5.74, 6) is 5.70. The number of rotatable bonds is 7. The van der Waals surface area contributed by atoms with Gasteiger partial charge < -0.3 is 10.2 Å². The van der Waals surface area contributed by atoms with Crippen LogP contribution in [0.4, 0.5) is 0 Å². The molecule has 9 atom stereocenters. The summed E-state index contributed by atoms with van der Waals surface area (Å²) in [5, 5.41) is 3.27. The maximum Gasteiger partial charge on any atom is 0.224 e. The lowest BCUT2D eigenvalue weighted by atomic mass is 9.44. The molecule has 4 rings (SSSR count). The topological polar surface area (TPSA) is 33.5 Å². The van der Waals surface area contributed by atoms with Gasteiger partial charge in [-0.2, -0.15) is 0 Å². The minimum atomic E-state index is 0.248. The largest absolute Gasteiger partial charge is 0.320 e. The first-order chi connectivity index (χ1) is 15.2. The number of carbonyl (C=O) groups is 1. The normalized spacial score (nSPS) is 43.2. The molecule has 32 heavy (non-hydrogen) atoms. The van der Waals surface area contributed by atoms with Crippen molar-refractivity contribution in [3.63, 3.8) is 0 Å². The van der Waals surface area contributed by atoms with Gasteiger partial charge >= 0.3 is 0 Å². The van der Waals surface area contributed by atoms with E-state index in [0.717, 1.165) is 42.4 Å². The summed E-state index contributed by atoms with van der Waals surface area (Å²) in [6.45, 7) is 9.99. The number of fused-ring (bicyclic) bond motifs is 5. The van der Waals surface area contributed by atoms with Gasteiger partial charge in [0.25, 0.3) is 0 Å². The van der Waals surface area contributed by atoms with E-state index in [1.807, 2.05) is 0 Å². The number of nitrogens with one attached hydrogen (secondary N) is 2. The summed E-state index contributed by atoms with van der Waals surface area (Å²) < 4.78 is 0. The lowest BCUT2D eigenvalue weighted by molar-refractivity contribution is -0.888. The fourth-order valence-electron chi connectivity index (χ4n) is 9.75. The molecule has 3 heteroatoms. The first-order valence-electron chi connectivity index (χ1n) is 14.3. The Labute approximate surface area is 198 Å². The van der Waals surface area contributed by atoms with Crippen molar-refractivity contribution in [1.29, 1.82) is 0 Å². The third-order valence-corrected chi connectivity index (χ3v) is 11.6. The van der Waals surface area contributed by atoms with E-state index in [0.29, 0.717) is 23.2 Å². The second-order valence-electron chi connectivity index (χ2n) is 13.3. The van der Waals surface area contributed by atoms with Crippen LogP contribution in [0.1, 0.15) is 111 Å².